The summed E-state index contributed by atoms with van der Waals surface area (Å²) < 4.78 is 35.6. The van der Waals surface area contributed by atoms with Crippen LogP contribution in [0.4, 0.5) is 13.2 Å². The molecule has 0 saturated carbocycles. The zero-order chi connectivity index (χ0) is 12.2. The Hall–Kier alpha value is -0.780. The summed E-state index contributed by atoms with van der Waals surface area (Å²) in [5, 5.41) is 1.88. The summed E-state index contributed by atoms with van der Waals surface area (Å²) in [7, 11) is 3.54. The summed E-state index contributed by atoms with van der Waals surface area (Å²) in [6.07, 6.45) is -4.80. The number of hydrogen-bond acceptors (Lipinski definition) is 2. The Balaban J connectivity index is 4.18. The van der Waals surface area contributed by atoms with Gasteiger partial charge in [0, 0.05) is 12.6 Å². The van der Waals surface area contributed by atoms with Crippen LogP contribution in [-0.2, 0) is 4.79 Å². The third-order valence-corrected chi connectivity index (χ3v) is 2.16. The Kier molecular flexibility index (Phi) is 5.07. The summed E-state index contributed by atoms with van der Waals surface area (Å²) in [5.41, 5.74) is 0. The highest BCUT2D eigenvalue weighted by atomic mass is 19.4. The van der Waals surface area contributed by atoms with Crippen LogP contribution in [0.1, 0.15) is 13.8 Å². The van der Waals surface area contributed by atoms with Crippen molar-refractivity contribution in [1.29, 1.82) is 0 Å². The van der Waals surface area contributed by atoms with Gasteiger partial charge in [0.15, 0.2) is 0 Å². The highest BCUT2D eigenvalue weighted by Crippen LogP contribution is 2.14. The van der Waals surface area contributed by atoms with Gasteiger partial charge in [0.05, 0.1) is 0 Å². The highest BCUT2D eigenvalue weighted by Gasteiger charge is 2.38. The molecule has 0 bridgehead atoms. The minimum atomic E-state index is -4.80. The minimum Gasteiger partial charge on any atom is -0.347 e. The van der Waals surface area contributed by atoms with E-state index in [1.54, 1.807) is 19.0 Å². The van der Waals surface area contributed by atoms with Crippen molar-refractivity contribution >= 4 is 5.91 Å². The average Bonchev–Trinajstić information content (AvgIpc) is 2.00. The van der Waals surface area contributed by atoms with E-state index in [2.05, 4.69) is 0 Å². The number of amides is 1. The van der Waals surface area contributed by atoms with Gasteiger partial charge >= 0.3 is 12.1 Å². The average molecular weight is 226 g/mol. The van der Waals surface area contributed by atoms with Crippen LogP contribution in [0, 0.1) is 5.92 Å². The van der Waals surface area contributed by atoms with E-state index >= 15 is 0 Å². The van der Waals surface area contributed by atoms with Crippen molar-refractivity contribution in [3.63, 3.8) is 0 Å². The maximum Gasteiger partial charge on any atom is 0.471 e. The number of carbonyl (C=O) groups excluding carboxylic acids is 1. The molecule has 1 atom stereocenters. The van der Waals surface area contributed by atoms with E-state index in [0.29, 0.717) is 0 Å². The van der Waals surface area contributed by atoms with E-state index in [1.807, 2.05) is 19.2 Å². The summed E-state index contributed by atoms with van der Waals surface area (Å²) in [6.45, 7) is 3.79. The van der Waals surface area contributed by atoms with Gasteiger partial charge in [-0.3, -0.25) is 4.79 Å². The molecule has 0 rings (SSSR count). The minimum absolute atomic E-state index is 0.00299. The van der Waals surface area contributed by atoms with Crippen molar-refractivity contribution in [2.75, 3.05) is 20.6 Å². The highest BCUT2D eigenvalue weighted by molar-refractivity contribution is 5.81. The molecule has 1 N–H and O–H groups in total. The Morgan fingerprint density at radius 2 is 1.80 bits per heavy atom. The van der Waals surface area contributed by atoms with Gasteiger partial charge in [-0.1, -0.05) is 13.8 Å². The van der Waals surface area contributed by atoms with E-state index < -0.39 is 12.1 Å². The second kappa shape index (κ2) is 5.34. The zero-order valence-corrected chi connectivity index (χ0v) is 9.35. The smallest absolute Gasteiger partial charge is 0.347 e. The molecule has 0 radical (unpaired) electrons. The van der Waals surface area contributed by atoms with Crippen LogP contribution >= 0.6 is 0 Å². The van der Waals surface area contributed by atoms with Gasteiger partial charge in [0.1, 0.15) is 0 Å². The summed E-state index contributed by atoms with van der Waals surface area (Å²) >= 11 is 0. The molecule has 15 heavy (non-hydrogen) atoms. The van der Waals surface area contributed by atoms with Crippen LogP contribution in [0.5, 0.6) is 0 Å². The number of hydrogen-bond donors (Lipinski definition) is 1. The summed E-state index contributed by atoms with van der Waals surface area (Å²) in [4.78, 5) is 12.4. The monoisotopic (exact) mass is 226 g/mol. The third kappa shape index (κ3) is 5.01. The molecule has 0 fully saturated rings. The standard InChI is InChI=1S/C9H17F3N2O/c1-6(2)7(14(3)4)5-13-8(15)9(10,11)12/h6-7H,5H2,1-4H3,(H,13,15). The van der Waals surface area contributed by atoms with Gasteiger partial charge < -0.3 is 10.2 Å². The van der Waals surface area contributed by atoms with Gasteiger partial charge in [-0.25, -0.2) is 0 Å². The van der Waals surface area contributed by atoms with E-state index in [-0.39, 0.29) is 18.5 Å². The Labute approximate surface area is 87.6 Å². The van der Waals surface area contributed by atoms with Gasteiger partial charge in [-0.2, -0.15) is 13.2 Å². The Morgan fingerprint density at radius 1 is 1.33 bits per heavy atom. The Bertz CT molecular complexity index is 206. The number of likely N-dealkylation sites (N-methyl/N-ethyl adjacent to an activating group) is 1. The molecule has 3 nitrogen and oxygen atoms in total. The predicted octanol–water partition coefficient (Wildman–Crippen LogP) is 1.25. The topological polar surface area (TPSA) is 32.3 Å². The molecular weight excluding hydrogens is 209 g/mol. The van der Waals surface area contributed by atoms with Crippen LogP contribution in [0.3, 0.4) is 0 Å². The van der Waals surface area contributed by atoms with Gasteiger partial charge in [0.25, 0.3) is 0 Å². The largest absolute Gasteiger partial charge is 0.471 e. The molecule has 0 aromatic rings. The van der Waals surface area contributed by atoms with Crippen molar-refractivity contribution in [2.45, 2.75) is 26.1 Å². The molecule has 0 aliphatic carbocycles. The summed E-state index contributed by atoms with van der Waals surface area (Å²) in [5.74, 6) is -1.71. The molecule has 0 aliphatic heterocycles. The first-order valence-corrected chi connectivity index (χ1v) is 4.67. The van der Waals surface area contributed by atoms with E-state index in [0.717, 1.165) is 0 Å². The number of nitrogens with zero attached hydrogens (tertiary/aromatic N) is 1. The lowest BCUT2D eigenvalue weighted by Gasteiger charge is -2.28. The van der Waals surface area contributed by atoms with Crippen molar-refractivity contribution < 1.29 is 18.0 Å². The van der Waals surface area contributed by atoms with Crippen molar-refractivity contribution in [3.05, 3.63) is 0 Å². The number of carbonyl (C=O) groups is 1. The maximum atomic E-state index is 11.9. The fraction of sp³-hybridized carbons (Fsp3) is 0.889. The lowest BCUT2D eigenvalue weighted by Crippen LogP contribution is -2.46. The van der Waals surface area contributed by atoms with E-state index in [1.165, 1.54) is 0 Å². The number of alkyl halides is 3. The lowest BCUT2D eigenvalue weighted by molar-refractivity contribution is -0.173. The fourth-order valence-electron chi connectivity index (χ4n) is 1.31. The normalized spacial score (nSPS) is 14.5. The van der Waals surface area contributed by atoms with E-state index in [9.17, 15) is 18.0 Å². The number of nitrogens with one attached hydrogen (secondary N) is 1. The fourth-order valence-corrected chi connectivity index (χ4v) is 1.31. The predicted molar refractivity (Wildman–Crippen MR) is 51.4 cm³/mol. The van der Waals surface area contributed by atoms with Crippen LogP contribution in [0.25, 0.3) is 0 Å². The molecule has 0 saturated heterocycles. The molecule has 1 amide bonds. The quantitative estimate of drug-likeness (QED) is 0.782. The van der Waals surface area contributed by atoms with Gasteiger partial charge in [-0.15, -0.1) is 0 Å². The van der Waals surface area contributed by atoms with Crippen LogP contribution in [0.15, 0.2) is 0 Å². The van der Waals surface area contributed by atoms with Crippen LogP contribution in [0.2, 0.25) is 0 Å². The molecule has 90 valence electrons. The van der Waals surface area contributed by atoms with Crippen LogP contribution < -0.4 is 5.32 Å². The first kappa shape index (κ1) is 14.2. The molecule has 1 unspecified atom stereocenters. The van der Waals surface area contributed by atoms with Crippen molar-refractivity contribution in [1.82, 2.24) is 10.2 Å². The summed E-state index contributed by atoms with van der Waals surface area (Å²) in [6, 6.07) is -0.101. The maximum absolute atomic E-state index is 11.9. The molecule has 0 heterocycles. The second-order valence-electron chi connectivity index (χ2n) is 3.98. The van der Waals surface area contributed by atoms with E-state index in [4.69, 9.17) is 0 Å². The van der Waals surface area contributed by atoms with Crippen LogP contribution in [-0.4, -0.2) is 43.7 Å². The van der Waals surface area contributed by atoms with Crippen molar-refractivity contribution in [2.24, 2.45) is 5.92 Å². The molecular formula is C9H17F3N2O. The lowest BCUT2D eigenvalue weighted by atomic mass is 10.0. The molecule has 6 heteroatoms. The first-order chi connectivity index (χ1) is 6.66. The van der Waals surface area contributed by atoms with Gasteiger partial charge in [-0.05, 0) is 20.0 Å². The number of rotatable bonds is 4. The SMILES string of the molecule is CC(C)C(CNC(=O)C(F)(F)F)N(C)C. The van der Waals surface area contributed by atoms with Crippen molar-refractivity contribution in [3.8, 4) is 0 Å². The molecule has 0 aromatic heterocycles. The number of halogens is 3. The second-order valence-corrected chi connectivity index (χ2v) is 3.98. The zero-order valence-electron chi connectivity index (χ0n) is 9.35. The molecule has 0 spiro atoms. The third-order valence-electron chi connectivity index (χ3n) is 2.16. The molecule has 0 aliphatic rings. The van der Waals surface area contributed by atoms with Gasteiger partial charge in [0.2, 0.25) is 0 Å². The first-order valence-electron chi connectivity index (χ1n) is 4.67. The molecule has 0 aromatic carbocycles. The Morgan fingerprint density at radius 3 is 2.07 bits per heavy atom.